The molecule has 0 saturated heterocycles. The van der Waals surface area contributed by atoms with Crippen LogP contribution in [0.25, 0.3) is 0 Å². The molecule has 0 radical (unpaired) electrons. The van der Waals surface area contributed by atoms with Crippen molar-refractivity contribution in [3.8, 4) is 5.75 Å². The lowest BCUT2D eigenvalue weighted by Gasteiger charge is -2.07. The molecular weight excluding hydrogens is 250 g/mol. The van der Waals surface area contributed by atoms with Crippen LogP contribution in [0, 0.1) is 4.77 Å². The van der Waals surface area contributed by atoms with Crippen molar-refractivity contribution in [2.24, 2.45) is 0 Å². The summed E-state index contributed by atoms with van der Waals surface area (Å²) in [5.41, 5.74) is 1.14. The van der Waals surface area contributed by atoms with Crippen molar-refractivity contribution in [3.05, 3.63) is 40.9 Å². The van der Waals surface area contributed by atoms with E-state index >= 15 is 0 Å². The summed E-state index contributed by atoms with van der Waals surface area (Å²) in [6.45, 7) is 1.85. The number of aromatic nitrogens is 3. The van der Waals surface area contributed by atoms with Crippen LogP contribution in [0.1, 0.15) is 5.56 Å². The number of rotatable bonds is 6. The number of H-pyrrole nitrogens is 1. The molecule has 6 heteroatoms. The Bertz CT molecular complexity index is 533. The van der Waals surface area contributed by atoms with Gasteiger partial charge in [0.2, 0.25) is 0 Å². The molecule has 1 heterocycles. The Morgan fingerprint density at radius 3 is 2.67 bits per heavy atom. The first-order valence-electron chi connectivity index (χ1n) is 5.60. The summed E-state index contributed by atoms with van der Waals surface area (Å²) in [4.78, 5) is 0. The molecule has 5 nitrogen and oxygen atoms in total. The van der Waals surface area contributed by atoms with Crippen LogP contribution >= 0.6 is 12.2 Å². The fourth-order valence-corrected chi connectivity index (χ4v) is 1.68. The summed E-state index contributed by atoms with van der Waals surface area (Å²) >= 11 is 5.09. The minimum Gasteiger partial charge on any atom is -0.491 e. The summed E-state index contributed by atoms with van der Waals surface area (Å²) in [7, 11) is 1.65. The van der Waals surface area contributed by atoms with Crippen LogP contribution in [0.15, 0.2) is 30.6 Å². The zero-order valence-electron chi connectivity index (χ0n) is 10.1. The van der Waals surface area contributed by atoms with E-state index in [1.165, 1.54) is 0 Å². The number of ether oxygens (including phenoxy) is 2. The van der Waals surface area contributed by atoms with Gasteiger partial charge in [-0.25, -0.2) is 0 Å². The normalized spacial score (nSPS) is 10.5. The zero-order chi connectivity index (χ0) is 12.8. The standard InChI is InChI=1S/C12H15N3O2S/c1-16-6-7-17-11-4-2-10(3-5-11)8-15-9-13-14-12(15)18/h2-5,9H,6-8H2,1H3,(H,14,18). The van der Waals surface area contributed by atoms with Gasteiger partial charge in [0, 0.05) is 7.11 Å². The van der Waals surface area contributed by atoms with E-state index in [0.717, 1.165) is 11.3 Å². The zero-order valence-corrected chi connectivity index (χ0v) is 10.9. The highest BCUT2D eigenvalue weighted by molar-refractivity contribution is 7.71. The second-order valence-electron chi connectivity index (χ2n) is 3.77. The van der Waals surface area contributed by atoms with Crippen molar-refractivity contribution in [1.29, 1.82) is 0 Å². The van der Waals surface area contributed by atoms with E-state index < -0.39 is 0 Å². The first-order valence-corrected chi connectivity index (χ1v) is 6.01. The molecule has 0 bridgehead atoms. The Morgan fingerprint density at radius 2 is 2.06 bits per heavy atom. The average molecular weight is 265 g/mol. The van der Waals surface area contributed by atoms with Crippen molar-refractivity contribution in [2.45, 2.75) is 6.54 Å². The minimum absolute atomic E-state index is 0.558. The van der Waals surface area contributed by atoms with Gasteiger partial charge >= 0.3 is 0 Å². The maximum absolute atomic E-state index is 5.49. The molecule has 0 atom stereocenters. The molecular formula is C12H15N3O2S. The van der Waals surface area contributed by atoms with Crippen molar-refractivity contribution in [1.82, 2.24) is 14.8 Å². The highest BCUT2D eigenvalue weighted by atomic mass is 32.1. The molecule has 1 N–H and O–H groups in total. The van der Waals surface area contributed by atoms with Crippen LogP contribution in [-0.4, -0.2) is 35.1 Å². The quantitative estimate of drug-likeness (QED) is 0.641. The number of aromatic amines is 1. The Hall–Kier alpha value is -1.66. The predicted octanol–water partition coefficient (Wildman–Crippen LogP) is 2.01. The molecule has 0 spiro atoms. The van der Waals surface area contributed by atoms with E-state index in [1.54, 1.807) is 13.4 Å². The SMILES string of the molecule is COCCOc1ccc(Cn2cn[nH]c2=S)cc1. The maximum Gasteiger partial charge on any atom is 0.195 e. The second kappa shape index (κ2) is 6.32. The fraction of sp³-hybridized carbons (Fsp3) is 0.333. The van der Waals surface area contributed by atoms with Gasteiger partial charge in [-0.15, -0.1) is 0 Å². The van der Waals surface area contributed by atoms with E-state index in [2.05, 4.69) is 10.2 Å². The summed E-state index contributed by atoms with van der Waals surface area (Å²) in [6, 6.07) is 7.90. The van der Waals surface area contributed by atoms with Gasteiger partial charge in [-0.2, -0.15) is 5.10 Å². The molecule has 96 valence electrons. The number of nitrogens with one attached hydrogen (secondary N) is 1. The molecule has 0 aliphatic heterocycles. The second-order valence-corrected chi connectivity index (χ2v) is 4.16. The van der Waals surface area contributed by atoms with Crippen molar-refractivity contribution >= 4 is 12.2 Å². The van der Waals surface area contributed by atoms with Gasteiger partial charge in [0.15, 0.2) is 4.77 Å². The van der Waals surface area contributed by atoms with Gasteiger partial charge in [0.05, 0.1) is 13.2 Å². The Kier molecular flexibility index (Phi) is 4.49. The van der Waals surface area contributed by atoms with E-state index in [4.69, 9.17) is 21.7 Å². The molecule has 0 aliphatic carbocycles. The van der Waals surface area contributed by atoms with Crippen LogP contribution in [0.2, 0.25) is 0 Å². The van der Waals surface area contributed by atoms with Crippen LogP contribution in [0.4, 0.5) is 0 Å². The largest absolute Gasteiger partial charge is 0.491 e. The van der Waals surface area contributed by atoms with Crippen molar-refractivity contribution < 1.29 is 9.47 Å². The van der Waals surface area contributed by atoms with Gasteiger partial charge in [-0.3, -0.25) is 5.10 Å². The van der Waals surface area contributed by atoms with E-state index in [1.807, 2.05) is 28.8 Å². The molecule has 1 aromatic heterocycles. The van der Waals surface area contributed by atoms with E-state index in [9.17, 15) is 0 Å². The predicted molar refractivity (Wildman–Crippen MR) is 70.3 cm³/mol. The number of benzene rings is 1. The van der Waals surface area contributed by atoms with Crippen LogP contribution < -0.4 is 4.74 Å². The molecule has 0 unspecified atom stereocenters. The minimum atomic E-state index is 0.558. The molecule has 1 aromatic carbocycles. The highest BCUT2D eigenvalue weighted by Gasteiger charge is 1.98. The van der Waals surface area contributed by atoms with Gasteiger partial charge in [-0.05, 0) is 29.9 Å². The van der Waals surface area contributed by atoms with Crippen LogP contribution in [-0.2, 0) is 11.3 Å². The lowest BCUT2D eigenvalue weighted by atomic mass is 10.2. The van der Waals surface area contributed by atoms with Gasteiger partial charge < -0.3 is 14.0 Å². The molecule has 2 rings (SSSR count). The molecule has 2 aromatic rings. The Balaban J connectivity index is 1.95. The monoisotopic (exact) mass is 265 g/mol. The van der Waals surface area contributed by atoms with Gasteiger partial charge in [0.25, 0.3) is 0 Å². The molecule has 18 heavy (non-hydrogen) atoms. The number of hydrogen-bond acceptors (Lipinski definition) is 4. The number of methoxy groups -OCH3 is 1. The highest BCUT2D eigenvalue weighted by Crippen LogP contribution is 2.13. The molecule has 0 amide bonds. The number of hydrogen-bond donors (Lipinski definition) is 1. The van der Waals surface area contributed by atoms with Crippen molar-refractivity contribution in [3.63, 3.8) is 0 Å². The third-order valence-corrected chi connectivity index (χ3v) is 2.78. The fourth-order valence-electron chi connectivity index (χ4n) is 1.51. The summed E-state index contributed by atoms with van der Waals surface area (Å²) in [5.74, 6) is 0.839. The topological polar surface area (TPSA) is 52.1 Å². The van der Waals surface area contributed by atoms with Crippen LogP contribution in [0.5, 0.6) is 5.75 Å². The van der Waals surface area contributed by atoms with E-state index in [-0.39, 0.29) is 0 Å². The third kappa shape index (κ3) is 3.41. The lowest BCUT2D eigenvalue weighted by molar-refractivity contribution is 0.146. The van der Waals surface area contributed by atoms with Crippen molar-refractivity contribution in [2.75, 3.05) is 20.3 Å². The summed E-state index contributed by atoms with van der Waals surface area (Å²) in [6.07, 6.45) is 1.69. The maximum atomic E-state index is 5.49. The number of nitrogens with zero attached hydrogens (tertiary/aromatic N) is 2. The Labute approximate surface area is 110 Å². The third-order valence-electron chi connectivity index (χ3n) is 2.45. The van der Waals surface area contributed by atoms with E-state index in [0.29, 0.717) is 24.5 Å². The smallest absolute Gasteiger partial charge is 0.195 e. The molecule has 0 fully saturated rings. The molecule has 0 saturated carbocycles. The van der Waals surface area contributed by atoms with Crippen LogP contribution in [0.3, 0.4) is 0 Å². The summed E-state index contributed by atoms with van der Waals surface area (Å²) in [5, 5.41) is 6.60. The Morgan fingerprint density at radius 1 is 1.28 bits per heavy atom. The molecule has 0 aliphatic rings. The van der Waals surface area contributed by atoms with Gasteiger partial charge in [0.1, 0.15) is 18.7 Å². The summed E-state index contributed by atoms with van der Waals surface area (Å²) < 4.78 is 12.9. The average Bonchev–Trinajstić information content (AvgIpc) is 2.78. The first kappa shape index (κ1) is 12.8. The first-order chi connectivity index (χ1) is 8.79. The van der Waals surface area contributed by atoms with Gasteiger partial charge in [-0.1, -0.05) is 12.1 Å². The lowest BCUT2D eigenvalue weighted by Crippen LogP contribution is -2.04.